The molecule has 1 atom stereocenters. The minimum absolute atomic E-state index is 0.297. The number of morpholine rings is 1. The molecular formula is C12H21N3O2. The van der Waals surface area contributed by atoms with Gasteiger partial charge in [-0.2, -0.15) is 4.98 Å². The molecule has 0 saturated carbocycles. The van der Waals surface area contributed by atoms with Gasteiger partial charge in [-0.15, -0.1) is 0 Å². The number of aryl methyl sites for hydroxylation is 1. The molecule has 1 saturated heterocycles. The van der Waals surface area contributed by atoms with Gasteiger partial charge in [0.15, 0.2) is 5.82 Å². The largest absolute Gasteiger partial charge is 0.376 e. The van der Waals surface area contributed by atoms with Crippen molar-refractivity contribution in [3.8, 4) is 0 Å². The summed E-state index contributed by atoms with van der Waals surface area (Å²) < 4.78 is 10.8. The molecular weight excluding hydrogens is 218 g/mol. The summed E-state index contributed by atoms with van der Waals surface area (Å²) >= 11 is 0. The first-order valence-corrected chi connectivity index (χ1v) is 6.43. The van der Waals surface area contributed by atoms with Crippen molar-refractivity contribution in [1.82, 2.24) is 15.0 Å². The van der Waals surface area contributed by atoms with E-state index < -0.39 is 0 Å². The zero-order chi connectivity index (χ0) is 12.1. The monoisotopic (exact) mass is 239 g/mol. The van der Waals surface area contributed by atoms with E-state index in [1.165, 1.54) is 0 Å². The van der Waals surface area contributed by atoms with Crippen molar-refractivity contribution in [2.45, 2.75) is 45.8 Å². The van der Waals surface area contributed by atoms with Gasteiger partial charge in [0.25, 0.3) is 0 Å². The molecule has 1 aliphatic rings. The number of aromatic nitrogens is 2. The summed E-state index contributed by atoms with van der Waals surface area (Å²) in [5, 5.41) is 3.99. The van der Waals surface area contributed by atoms with Crippen LogP contribution in [0.5, 0.6) is 0 Å². The van der Waals surface area contributed by atoms with Crippen LogP contribution in [0.15, 0.2) is 4.52 Å². The van der Waals surface area contributed by atoms with Crippen molar-refractivity contribution in [1.29, 1.82) is 0 Å². The Morgan fingerprint density at radius 3 is 3.12 bits per heavy atom. The molecule has 2 heterocycles. The molecule has 5 heteroatoms. The molecule has 1 aromatic heterocycles. The number of ether oxygens (including phenoxy) is 1. The van der Waals surface area contributed by atoms with E-state index in [-0.39, 0.29) is 0 Å². The highest BCUT2D eigenvalue weighted by Gasteiger charge is 2.18. The van der Waals surface area contributed by atoms with E-state index in [9.17, 15) is 0 Å². The summed E-state index contributed by atoms with van der Waals surface area (Å²) in [4.78, 5) is 6.70. The summed E-state index contributed by atoms with van der Waals surface area (Å²) in [6.45, 7) is 7.66. The molecule has 5 nitrogen and oxygen atoms in total. The molecule has 0 N–H and O–H groups in total. The number of nitrogens with zero attached hydrogens (tertiary/aromatic N) is 3. The lowest BCUT2D eigenvalue weighted by Crippen LogP contribution is -2.40. The summed E-state index contributed by atoms with van der Waals surface area (Å²) in [6.07, 6.45) is 3.49. The maximum atomic E-state index is 5.50. The second kappa shape index (κ2) is 6.12. The Bertz CT molecular complexity index is 340. The van der Waals surface area contributed by atoms with Gasteiger partial charge >= 0.3 is 0 Å². The molecule has 0 bridgehead atoms. The summed E-state index contributed by atoms with van der Waals surface area (Å²) in [5.74, 6) is 1.56. The van der Waals surface area contributed by atoms with Crippen LogP contribution in [0.25, 0.3) is 0 Å². The average molecular weight is 239 g/mol. The van der Waals surface area contributed by atoms with Crippen molar-refractivity contribution in [3.05, 3.63) is 11.7 Å². The molecule has 17 heavy (non-hydrogen) atoms. The van der Waals surface area contributed by atoms with Crippen LogP contribution in [-0.4, -0.2) is 40.8 Å². The van der Waals surface area contributed by atoms with Gasteiger partial charge in [0.05, 0.1) is 19.3 Å². The lowest BCUT2D eigenvalue weighted by molar-refractivity contribution is -0.0240. The van der Waals surface area contributed by atoms with Crippen LogP contribution in [0.3, 0.4) is 0 Å². The second-order valence-electron chi connectivity index (χ2n) is 4.62. The van der Waals surface area contributed by atoms with E-state index in [2.05, 4.69) is 28.9 Å². The van der Waals surface area contributed by atoms with Gasteiger partial charge in [0.2, 0.25) is 5.89 Å². The van der Waals surface area contributed by atoms with Crippen LogP contribution in [0.4, 0.5) is 0 Å². The van der Waals surface area contributed by atoms with E-state index in [1.54, 1.807) is 0 Å². The topological polar surface area (TPSA) is 51.4 Å². The first kappa shape index (κ1) is 12.5. The highest BCUT2D eigenvalue weighted by Crippen LogP contribution is 2.09. The molecule has 0 radical (unpaired) electrons. The number of hydrogen-bond donors (Lipinski definition) is 0. The Morgan fingerprint density at radius 1 is 1.47 bits per heavy atom. The lowest BCUT2D eigenvalue weighted by Gasteiger charge is -2.29. The van der Waals surface area contributed by atoms with Gasteiger partial charge in [0.1, 0.15) is 0 Å². The van der Waals surface area contributed by atoms with Gasteiger partial charge in [-0.25, -0.2) is 0 Å². The second-order valence-corrected chi connectivity index (χ2v) is 4.62. The summed E-state index contributed by atoms with van der Waals surface area (Å²) in [5.41, 5.74) is 0. The fourth-order valence-corrected chi connectivity index (χ4v) is 2.02. The van der Waals surface area contributed by atoms with Gasteiger partial charge in [-0.3, -0.25) is 4.90 Å². The highest BCUT2D eigenvalue weighted by atomic mass is 16.5. The molecule has 2 rings (SSSR count). The van der Waals surface area contributed by atoms with E-state index in [0.29, 0.717) is 6.10 Å². The minimum Gasteiger partial charge on any atom is -0.376 e. The van der Waals surface area contributed by atoms with Crippen LogP contribution in [0, 0.1) is 0 Å². The van der Waals surface area contributed by atoms with E-state index >= 15 is 0 Å². The third kappa shape index (κ3) is 3.78. The third-order valence-electron chi connectivity index (χ3n) is 2.95. The first-order valence-electron chi connectivity index (χ1n) is 6.43. The van der Waals surface area contributed by atoms with Crippen LogP contribution in [0.1, 0.15) is 38.4 Å². The summed E-state index contributed by atoms with van der Waals surface area (Å²) in [6, 6.07) is 0. The van der Waals surface area contributed by atoms with E-state index in [1.807, 2.05) is 0 Å². The maximum Gasteiger partial charge on any atom is 0.240 e. The van der Waals surface area contributed by atoms with Crippen LogP contribution < -0.4 is 0 Å². The van der Waals surface area contributed by atoms with Crippen molar-refractivity contribution in [3.63, 3.8) is 0 Å². The Morgan fingerprint density at radius 2 is 2.35 bits per heavy atom. The van der Waals surface area contributed by atoms with Crippen LogP contribution in [-0.2, 0) is 17.7 Å². The Balaban J connectivity index is 1.83. The number of unbranched alkanes of at least 4 members (excludes halogenated alkanes) is 1. The van der Waals surface area contributed by atoms with E-state index in [0.717, 1.165) is 57.2 Å². The highest BCUT2D eigenvalue weighted by molar-refractivity contribution is 4.87. The van der Waals surface area contributed by atoms with Crippen molar-refractivity contribution in [2.24, 2.45) is 0 Å². The van der Waals surface area contributed by atoms with E-state index in [4.69, 9.17) is 9.26 Å². The van der Waals surface area contributed by atoms with Gasteiger partial charge in [-0.05, 0) is 13.3 Å². The van der Waals surface area contributed by atoms with Gasteiger partial charge < -0.3 is 9.26 Å². The predicted octanol–water partition coefficient (Wildman–Crippen LogP) is 1.63. The Kier molecular flexibility index (Phi) is 4.50. The zero-order valence-corrected chi connectivity index (χ0v) is 10.7. The number of hydrogen-bond acceptors (Lipinski definition) is 5. The molecule has 0 aromatic carbocycles. The average Bonchev–Trinajstić information content (AvgIpc) is 2.74. The van der Waals surface area contributed by atoms with Gasteiger partial charge in [0, 0.05) is 19.5 Å². The quantitative estimate of drug-likeness (QED) is 0.781. The lowest BCUT2D eigenvalue weighted by atomic mass is 10.2. The molecule has 0 aliphatic carbocycles. The van der Waals surface area contributed by atoms with Crippen molar-refractivity contribution in [2.75, 3.05) is 19.7 Å². The molecule has 1 unspecified atom stereocenters. The first-order chi connectivity index (χ1) is 8.28. The fraction of sp³-hybridized carbons (Fsp3) is 0.833. The summed E-state index contributed by atoms with van der Waals surface area (Å²) in [7, 11) is 0. The smallest absolute Gasteiger partial charge is 0.240 e. The predicted molar refractivity (Wildman–Crippen MR) is 63.6 cm³/mol. The van der Waals surface area contributed by atoms with Crippen molar-refractivity contribution < 1.29 is 9.26 Å². The normalized spacial score (nSPS) is 21.9. The van der Waals surface area contributed by atoms with Gasteiger partial charge in [-0.1, -0.05) is 18.5 Å². The standard InChI is InChI=1S/C12H21N3O2/c1-3-4-5-11-13-12(17-14-11)9-15-6-7-16-10(2)8-15/h10H,3-9H2,1-2H3. The molecule has 96 valence electrons. The fourth-order valence-electron chi connectivity index (χ4n) is 2.02. The zero-order valence-electron chi connectivity index (χ0n) is 10.7. The third-order valence-corrected chi connectivity index (χ3v) is 2.95. The Hall–Kier alpha value is -0.940. The molecule has 0 spiro atoms. The Labute approximate surface area is 102 Å². The van der Waals surface area contributed by atoms with Crippen LogP contribution >= 0.6 is 0 Å². The molecule has 1 aromatic rings. The minimum atomic E-state index is 0.297. The SMILES string of the molecule is CCCCc1noc(CN2CCOC(C)C2)n1. The molecule has 1 fully saturated rings. The molecule has 0 amide bonds. The number of rotatable bonds is 5. The van der Waals surface area contributed by atoms with Crippen molar-refractivity contribution >= 4 is 0 Å². The molecule has 1 aliphatic heterocycles. The van der Waals surface area contributed by atoms with Crippen LogP contribution in [0.2, 0.25) is 0 Å². The maximum absolute atomic E-state index is 5.50.